The Balaban J connectivity index is 1.98. The van der Waals surface area contributed by atoms with E-state index in [2.05, 4.69) is 107 Å². The van der Waals surface area contributed by atoms with E-state index in [9.17, 15) is 0 Å². The summed E-state index contributed by atoms with van der Waals surface area (Å²) in [5.41, 5.74) is 6.31. The van der Waals surface area contributed by atoms with E-state index in [-0.39, 0.29) is 5.41 Å². The summed E-state index contributed by atoms with van der Waals surface area (Å²) < 4.78 is 0. The molecule has 0 aliphatic heterocycles. The first-order chi connectivity index (χ1) is 13.6. The third-order valence-electron chi connectivity index (χ3n) is 5.49. The summed E-state index contributed by atoms with van der Waals surface area (Å²) in [4.78, 5) is 5.08. The summed E-state index contributed by atoms with van der Waals surface area (Å²) in [5.74, 6) is 0. The van der Waals surface area contributed by atoms with E-state index in [1.165, 1.54) is 38.9 Å². The number of rotatable bonds is 3. The molecule has 4 aromatic rings. The summed E-state index contributed by atoms with van der Waals surface area (Å²) in [7, 11) is -1.25. The topological polar surface area (TPSA) is 12.9 Å². The van der Waals surface area contributed by atoms with Crippen molar-refractivity contribution >= 4 is 29.7 Å². The molecule has 4 rings (SSSR count). The summed E-state index contributed by atoms with van der Waals surface area (Å²) in [6.07, 6.45) is 0. The lowest BCUT2D eigenvalue weighted by Gasteiger charge is -2.23. The fourth-order valence-corrected chi connectivity index (χ4v) is 5.63. The van der Waals surface area contributed by atoms with Crippen molar-refractivity contribution in [1.29, 1.82) is 0 Å². The molecule has 0 spiro atoms. The SMILES string of the molecule is CC(C)(C)c1cc(-c2cc(C[Si](C)(C)C)c3ccccc3n2)cc2ccccc12. The minimum atomic E-state index is -1.25. The van der Waals surface area contributed by atoms with E-state index in [0.29, 0.717) is 0 Å². The highest BCUT2D eigenvalue weighted by molar-refractivity contribution is 6.75. The third-order valence-corrected chi connectivity index (χ3v) is 6.93. The van der Waals surface area contributed by atoms with E-state index in [0.717, 1.165) is 11.2 Å². The van der Waals surface area contributed by atoms with Crippen LogP contribution < -0.4 is 0 Å². The van der Waals surface area contributed by atoms with Crippen LogP contribution in [0.5, 0.6) is 0 Å². The molecule has 1 aromatic heterocycles. The predicted molar refractivity (Wildman–Crippen MR) is 130 cm³/mol. The van der Waals surface area contributed by atoms with E-state index in [1.54, 1.807) is 0 Å². The minimum absolute atomic E-state index is 0.0770. The smallest absolute Gasteiger partial charge is 0.0712 e. The van der Waals surface area contributed by atoms with Crippen LogP contribution in [0.1, 0.15) is 31.9 Å². The number of nitrogens with zero attached hydrogens (tertiary/aromatic N) is 1. The quantitative estimate of drug-likeness (QED) is 0.322. The molecule has 148 valence electrons. The fraction of sp³-hybridized carbons (Fsp3) is 0.296. The molecule has 0 radical (unpaired) electrons. The normalized spacial score (nSPS) is 12.6. The van der Waals surface area contributed by atoms with Gasteiger partial charge in [-0.05, 0) is 57.6 Å². The molecule has 0 N–H and O–H groups in total. The fourth-order valence-electron chi connectivity index (χ4n) is 4.19. The van der Waals surface area contributed by atoms with Gasteiger partial charge in [0.2, 0.25) is 0 Å². The van der Waals surface area contributed by atoms with E-state index in [1.807, 2.05) is 0 Å². The summed E-state index contributed by atoms with van der Waals surface area (Å²) in [5, 5.41) is 3.93. The maximum Gasteiger partial charge on any atom is 0.0712 e. The zero-order chi connectivity index (χ0) is 20.8. The third kappa shape index (κ3) is 4.13. The Morgan fingerprint density at radius 2 is 1.45 bits per heavy atom. The Kier molecular flexibility index (Phi) is 4.86. The standard InChI is InChI=1S/C27H31NSi/c1-27(2,3)24-16-20(15-19-11-7-8-12-22(19)24)26-17-21(18-29(4,5)6)23-13-9-10-14-25(23)28-26/h7-17H,18H2,1-6H3. The molecule has 1 heterocycles. The maximum atomic E-state index is 5.08. The maximum absolute atomic E-state index is 5.08. The summed E-state index contributed by atoms with van der Waals surface area (Å²) in [6, 6.07) is 25.5. The highest BCUT2D eigenvalue weighted by Crippen LogP contribution is 2.35. The van der Waals surface area contributed by atoms with Gasteiger partial charge in [0.1, 0.15) is 0 Å². The second-order valence-corrected chi connectivity index (χ2v) is 15.9. The van der Waals surface area contributed by atoms with Gasteiger partial charge in [-0.1, -0.05) is 82.9 Å². The number of hydrogen-bond donors (Lipinski definition) is 0. The van der Waals surface area contributed by atoms with E-state index in [4.69, 9.17) is 4.98 Å². The average molecular weight is 398 g/mol. The second-order valence-electron chi connectivity index (χ2n) is 10.4. The van der Waals surface area contributed by atoms with Crippen molar-refractivity contribution in [2.24, 2.45) is 0 Å². The molecule has 0 unspecified atom stereocenters. The molecule has 0 atom stereocenters. The van der Waals surface area contributed by atoms with Crippen LogP contribution in [0.2, 0.25) is 19.6 Å². The predicted octanol–water partition coefficient (Wildman–Crippen LogP) is 7.77. The highest BCUT2D eigenvalue weighted by atomic mass is 28.3. The van der Waals surface area contributed by atoms with Crippen LogP contribution in [0.3, 0.4) is 0 Å². The lowest BCUT2D eigenvalue weighted by molar-refractivity contribution is 0.596. The first-order valence-corrected chi connectivity index (χ1v) is 14.2. The van der Waals surface area contributed by atoms with E-state index >= 15 is 0 Å². The van der Waals surface area contributed by atoms with Gasteiger partial charge in [-0.3, -0.25) is 0 Å². The zero-order valence-corrected chi connectivity index (χ0v) is 19.5. The van der Waals surface area contributed by atoms with Crippen LogP contribution in [0.25, 0.3) is 32.9 Å². The molecular weight excluding hydrogens is 366 g/mol. The molecule has 0 amide bonds. The van der Waals surface area contributed by atoms with Crippen molar-refractivity contribution < 1.29 is 0 Å². The van der Waals surface area contributed by atoms with Gasteiger partial charge in [-0.2, -0.15) is 0 Å². The average Bonchev–Trinajstić information content (AvgIpc) is 2.65. The van der Waals surface area contributed by atoms with Crippen molar-refractivity contribution in [3.63, 3.8) is 0 Å². The number of aromatic nitrogens is 1. The molecule has 0 aliphatic rings. The molecule has 0 aliphatic carbocycles. The largest absolute Gasteiger partial charge is 0.248 e. The molecule has 0 fully saturated rings. The van der Waals surface area contributed by atoms with Gasteiger partial charge >= 0.3 is 0 Å². The second kappa shape index (κ2) is 7.10. The molecule has 3 aromatic carbocycles. The molecule has 0 bridgehead atoms. The van der Waals surface area contributed by atoms with Crippen LogP contribution in [-0.4, -0.2) is 13.1 Å². The molecule has 1 nitrogen and oxygen atoms in total. The molecular formula is C27H31NSi. The Labute approximate surface area is 175 Å². The highest BCUT2D eigenvalue weighted by Gasteiger charge is 2.20. The monoisotopic (exact) mass is 397 g/mol. The number of hydrogen-bond acceptors (Lipinski definition) is 1. The van der Waals surface area contributed by atoms with Crippen molar-refractivity contribution in [2.45, 2.75) is 51.9 Å². The van der Waals surface area contributed by atoms with Gasteiger partial charge in [0, 0.05) is 19.0 Å². The number of para-hydroxylation sites is 1. The van der Waals surface area contributed by atoms with Gasteiger partial charge < -0.3 is 0 Å². The first kappa shape index (κ1) is 19.8. The van der Waals surface area contributed by atoms with Crippen molar-refractivity contribution in [1.82, 2.24) is 4.98 Å². The number of benzene rings is 3. The Hall–Kier alpha value is -2.45. The number of fused-ring (bicyclic) bond motifs is 2. The van der Waals surface area contributed by atoms with Gasteiger partial charge in [0.15, 0.2) is 0 Å². The van der Waals surface area contributed by atoms with Crippen LogP contribution in [0.15, 0.2) is 66.7 Å². The van der Waals surface area contributed by atoms with E-state index < -0.39 is 8.07 Å². The van der Waals surface area contributed by atoms with Crippen molar-refractivity contribution in [2.75, 3.05) is 0 Å². The van der Waals surface area contributed by atoms with Crippen LogP contribution in [-0.2, 0) is 11.5 Å². The van der Waals surface area contributed by atoms with Gasteiger partial charge in [-0.15, -0.1) is 0 Å². The van der Waals surface area contributed by atoms with Gasteiger partial charge in [0.05, 0.1) is 11.2 Å². The van der Waals surface area contributed by atoms with Crippen LogP contribution in [0.4, 0.5) is 0 Å². The molecule has 2 heteroatoms. The number of pyridine rings is 1. The molecule has 29 heavy (non-hydrogen) atoms. The van der Waals surface area contributed by atoms with Crippen LogP contribution in [0, 0.1) is 0 Å². The Morgan fingerprint density at radius 1 is 0.793 bits per heavy atom. The van der Waals surface area contributed by atoms with Gasteiger partial charge in [0.25, 0.3) is 0 Å². The molecule has 0 saturated heterocycles. The van der Waals surface area contributed by atoms with Crippen LogP contribution >= 0.6 is 0 Å². The summed E-state index contributed by atoms with van der Waals surface area (Å²) in [6.45, 7) is 14.2. The van der Waals surface area contributed by atoms with Crippen molar-refractivity contribution in [3.05, 3.63) is 77.9 Å². The van der Waals surface area contributed by atoms with Crippen molar-refractivity contribution in [3.8, 4) is 11.3 Å². The Morgan fingerprint density at radius 3 is 2.14 bits per heavy atom. The van der Waals surface area contributed by atoms with Gasteiger partial charge in [-0.25, -0.2) is 4.98 Å². The lowest BCUT2D eigenvalue weighted by atomic mass is 9.82. The Bertz CT molecular complexity index is 1190. The molecule has 0 saturated carbocycles. The first-order valence-electron chi connectivity index (χ1n) is 10.5. The minimum Gasteiger partial charge on any atom is -0.248 e. The zero-order valence-electron chi connectivity index (χ0n) is 18.5. The summed E-state index contributed by atoms with van der Waals surface area (Å²) >= 11 is 0. The lowest BCUT2D eigenvalue weighted by Crippen LogP contribution is -2.24.